The van der Waals surface area contributed by atoms with Gasteiger partial charge in [-0.1, -0.05) is 12.1 Å². The van der Waals surface area contributed by atoms with Crippen molar-refractivity contribution < 1.29 is 23.6 Å². The van der Waals surface area contributed by atoms with Crippen molar-refractivity contribution in [2.24, 2.45) is 0 Å². The summed E-state index contributed by atoms with van der Waals surface area (Å²) in [5.74, 6) is -0.615. The van der Waals surface area contributed by atoms with Gasteiger partial charge in [0, 0.05) is 23.8 Å². The number of hydrogen-bond donors (Lipinski definition) is 0. The molecule has 2 aromatic rings. The van der Waals surface area contributed by atoms with Crippen LogP contribution in [0.4, 0.5) is 10.1 Å². The normalized spacial score (nSPS) is 10.6. The van der Waals surface area contributed by atoms with Crippen molar-refractivity contribution in [3.05, 3.63) is 75.6 Å². The number of carbonyl (C=O) groups excluding carboxylic acids is 1. The van der Waals surface area contributed by atoms with Gasteiger partial charge in [0.15, 0.2) is 0 Å². The summed E-state index contributed by atoms with van der Waals surface area (Å²) < 4.78 is 22.9. The van der Waals surface area contributed by atoms with E-state index in [0.717, 1.165) is 0 Å². The van der Waals surface area contributed by atoms with Gasteiger partial charge < -0.3 is 9.47 Å². The first-order valence-electron chi connectivity index (χ1n) is 6.91. The lowest BCUT2D eigenvalue weighted by Crippen LogP contribution is -2.03. The molecule has 0 saturated heterocycles. The zero-order valence-electron chi connectivity index (χ0n) is 12.8. The number of hydrogen-bond acceptors (Lipinski definition) is 5. The van der Waals surface area contributed by atoms with Crippen molar-refractivity contribution in [3.8, 4) is 5.75 Å². The van der Waals surface area contributed by atoms with E-state index in [1.54, 1.807) is 0 Å². The molecule has 0 saturated carbocycles. The predicted molar refractivity (Wildman–Crippen MR) is 84.9 cm³/mol. The van der Waals surface area contributed by atoms with Crippen LogP contribution in [0.1, 0.15) is 11.1 Å². The van der Waals surface area contributed by atoms with Crippen LogP contribution in [0.3, 0.4) is 0 Å². The van der Waals surface area contributed by atoms with E-state index in [1.807, 2.05) is 0 Å². The molecule has 0 atom stereocenters. The van der Waals surface area contributed by atoms with E-state index < -0.39 is 10.9 Å². The third-order valence-corrected chi connectivity index (χ3v) is 3.13. The van der Waals surface area contributed by atoms with Crippen molar-refractivity contribution >= 4 is 17.7 Å². The average Bonchev–Trinajstić information content (AvgIpc) is 2.59. The minimum absolute atomic E-state index is 0.122. The number of halogens is 1. The molecular formula is C17H14FNO5. The van der Waals surface area contributed by atoms with Gasteiger partial charge in [-0.3, -0.25) is 10.1 Å². The van der Waals surface area contributed by atoms with E-state index in [1.165, 1.54) is 61.7 Å². The predicted octanol–water partition coefficient (Wildman–Crippen LogP) is 3.50. The molecule has 2 rings (SSSR count). The summed E-state index contributed by atoms with van der Waals surface area (Å²) in [6.07, 6.45) is 2.67. The quantitative estimate of drug-likeness (QED) is 0.350. The molecule has 0 aliphatic rings. The summed E-state index contributed by atoms with van der Waals surface area (Å²) in [4.78, 5) is 22.0. The summed E-state index contributed by atoms with van der Waals surface area (Å²) in [6.45, 7) is -0.169. The number of nitro benzene ring substituents is 1. The minimum Gasteiger partial charge on any atom is -0.496 e. The van der Waals surface area contributed by atoms with Crippen LogP contribution in [0.5, 0.6) is 5.75 Å². The number of carbonyl (C=O) groups is 1. The number of non-ortho nitro benzene ring substituents is 1. The van der Waals surface area contributed by atoms with Crippen molar-refractivity contribution in [1.29, 1.82) is 0 Å². The maximum absolute atomic E-state index is 12.8. The Hall–Kier alpha value is -3.22. The highest BCUT2D eigenvalue weighted by atomic mass is 19.1. The molecule has 24 heavy (non-hydrogen) atoms. The van der Waals surface area contributed by atoms with Crippen LogP contribution in [0.25, 0.3) is 6.08 Å². The zero-order valence-corrected chi connectivity index (χ0v) is 12.8. The Labute approximate surface area is 137 Å². The van der Waals surface area contributed by atoms with Gasteiger partial charge in [0.05, 0.1) is 12.0 Å². The maximum atomic E-state index is 12.8. The summed E-state index contributed by atoms with van der Waals surface area (Å²) in [5.41, 5.74) is 0.903. The molecule has 0 unspecified atom stereocenters. The van der Waals surface area contributed by atoms with Crippen LogP contribution in [0.15, 0.2) is 48.5 Å². The number of benzene rings is 2. The van der Waals surface area contributed by atoms with Gasteiger partial charge in [-0.05, 0) is 29.8 Å². The van der Waals surface area contributed by atoms with Gasteiger partial charge in [-0.15, -0.1) is 0 Å². The van der Waals surface area contributed by atoms with E-state index in [-0.39, 0.29) is 18.1 Å². The number of rotatable bonds is 6. The zero-order chi connectivity index (χ0) is 17.5. The molecule has 0 amide bonds. The Morgan fingerprint density at radius 1 is 1.25 bits per heavy atom. The van der Waals surface area contributed by atoms with Crippen LogP contribution in [0, 0.1) is 15.9 Å². The SMILES string of the molecule is COc1ccc([N+](=O)[O-])cc1COC(=O)C=Cc1ccc(F)cc1. The van der Waals surface area contributed by atoms with Gasteiger partial charge in [0.2, 0.25) is 0 Å². The van der Waals surface area contributed by atoms with Gasteiger partial charge in [-0.25, -0.2) is 9.18 Å². The lowest BCUT2D eigenvalue weighted by Gasteiger charge is -2.08. The lowest BCUT2D eigenvalue weighted by atomic mass is 10.2. The Bertz CT molecular complexity index is 771. The molecule has 6 nitrogen and oxygen atoms in total. The molecule has 124 valence electrons. The highest BCUT2D eigenvalue weighted by molar-refractivity contribution is 5.87. The second-order valence-electron chi connectivity index (χ2n) is 4.75. The fraction of sp³-hybridized carbons (Fsp3) is 0.118. The number of methoxy groups -OCH3 is 1. The molecule has 0 aliphatic carbocycles. The molecule has 7 heteroatoms. The first-order valence-corrected chi connectivity index (χ1v) is 6.91. The van der Waals surface area contributed by atoms with Crippen LogP contribution in [-0.4, -0.2) is 18.0 Å². The number of nitro groups is 1. The van der Waals surface area contributed by atoms with E-state index >= 15 is 0 Å². The Morgan fingerprint density at radius 2 is 1.96 bits per heavy atom. The molecule has 0 spiro atoms. The van der Waals surface area contributed by atoms with Crippen LogP contribution in [0.2, 0.25) is 0 Å². The topological polar surface area (TPSA) is 78.7 Å². The molecule has 0 radical (unpaired) electrons. The van der Waals surface area contributed by atoms with Crippen LogP contribution in [-0.2, 0) is 16.1 Å². The molecule has 0 bridgehead atoms. The van der Waals surface area contributed by atoms with Crippen molar-refractivity contribution in [2.75, 3.05) is 7.11 Å². The van der Waals surface area contributed by atoms with E-state index in [4.69, 9.17) is 9.47 Å². The van der Waals surface area contributed by atoms with Gasteiger partial charge >= 0.3 is 5.97 Å². The van der Waals surface area contributed by atoms with Crippen LogP contribution < -0.4 is 4.74 Å². The van der Waals surface area contributed by atoms with Crippen molar-refractivity contribution in [1.82, 2.24) is 0 Å². The van der Waals surface area contributed by atoms with Crippen molar-refractivity contribution in [3.63, 3.8) is 0 Å². The van der Waals surface area contributed by atoms with Gasteiger partial charge in [-0.2, -0.15) is 0 Å². The molecule has 0 aliphatic heterocycles. The number of nitrogens with zero attached hydrogens (tertiary/aromatic N) is 1. The Morgan fingerprint density at radius 3 is 2.58 bits per heavy atom. The standard InChI is InChI=1S/C17H14FNO5/c1-23-16-8-7-15(19(21)22)10-13(16)11-24-17(20)9-4-12-2-5-14(18)6-3-12/h2-10H,11H2,1H3. The first-order chi connectivity index (χ1) is 11.5. The van der Waals surface area contributed by atoms with E-state index in [0.29, 0.717) is 16.9 Å². The third kappa shape index (κ3) is 4.64. The third-order valence-electron chi connectivity index (χ3n) is 3.13. The molecule has 0 aromatic heterocycles. The Kier molecular flexibility index (Phi) is 5.62. The number of ether oxygens (including phenoxy) is 2. The van der Waals surface area contributed by atoms with Gasteiger partial charge in [0.25, 0.3) is 5.69 Å². The second-order valence-corrected chi connectivity index (χ2v) is 4.75. The summed E-state index contributed by atoms with van der Waals surface area (Å²) in [5, 5.41) is 10.8. The van der Waals surface area contributed by atoms with E-state index in [9.17, 15) is 19.3 Å². The molecule has 0 heterocycles. The first kappa shape index (κ1) is 17.1. The smallest absolute Gasteiger partial charge is 0.331 e. The maximum Gasteiger partial charge on any atom is 0.331 e. The summed E-state index contributed by atoms with van der Waals surface area (Å²) >= 11 is 0. The molecule has 0 fully saturated rings. The highest BCUT2D eigenvalue weighted by Gasteiger charge is 2.12. The molecule has 2 aromatic carbocycles. The lowest BCUT2D eigenvalue weighted by molar-refractivity contribution is -0.385. The monoisotopic (exact) mass is 331 g/mol. The number of esters is 1. The molecular weight excluding hydrogens is 317 g/mol. The molecule has 0 N–H and O–H groups in total. The minimum atomic E-state index is -0.632. The highest BCUT2D eigenvalue weighted by Crippen LogP contribution is 2.24. The van der Waals surface area contributed by atoms with Gasteiger partial charge in [0.1, 0.15) is 18.2 Å². The van der Waals surface area contributed by atoms with E-state index in [2.05, 4.69) is 0 Å². The fourth-order valence-electron chi connectivity index (χ4n) is 1.93. The summed E-state index contributed by atoms with van der Waals surface area (Å²) in [7, 11) is 1.42. The largest absolute Gasteiger partial charge is 0.496 e. The Balaban J connectivity index is 2.01. The fourth-order valence-corrected chi connectivity index (χ4v) is 1.93. The second kappa shape index (κ2) is 7.87. The average molecular weight is 331 g/mol. The van der Waals surface area contributed by atoms with Crippen LogP contribution >= 0.6 is 0 Å². The summed E-state index contributed by atoms with van der Waals surface area (Å²) in [6, 6.07) is 9.62. The van der Waals surface area contributed by atoms with Crippen molar-refractivity contribution in [2.45, 2.75) is 6.61 Å².